The average Bonchev–Trinajstić information content (AvgIpc) is 2.74. The number of rotatable bonds is 7. The van der Waals surface area contributed by atoms with Gasteiger partial charge in [0.15, 0.2) is 0 Å². The van der Waals surface area contributed by atoms with E-state index in [0.29, 0.717) is 18.0 Å². The summed E-state index contributed by atoms with van der Waals surface area (Å²) < 4.78 is 2.00. The molecule has 2 N–H and O–H groups in total. The van der Waals surface area contributed by atoms with Crippen LogP contribution in [0.5, 0.6) is 0 Å². The van der Waals surface area contributed by atoms with Crippen molar-refractivity contribution in [2.24, 2.45) is 11.7 Å². The maximum absolute atomic E-state index is 6.06. The summed E-state index contributed by atoms with van der Waals surface area (Å²) in [6, 6.07) is 0.726. The molecule has 1 heterocycles. The van der Waals surface area contributed by atoms with Crippen molar-refractivity contribution in [3.63, 3.8) is 0 Å². The molecule has 1 atom stereocenters. The summed E-state index contributed by atoms with van der Waals surface area (Å²) in [5.41, 5.74) is 7.33. The van der Waals surface area contributed by atoms with Crippen LogP contribution in [0.4, 0.5) is 0 Å². The number of hydrogen-bond donors (Lipinski definition) is 1. The molecule has 104 valence electrons. The molecule has 18 heavy (non-hydrogen) atoms. The summed E-state index contributed by atoms with van der Waals surface area (Å²) in [7, 11) is 2.14. The minimum Gasteiger partial charge on any atom is -0.327 e. The normalized spacial score (nSPS) is 13.8. The zero-order valence-electron chi connectivity index (χ0n) is 12.4. The van der Waals surface area contributed by atoms with E-state index >= 15 is 0 Å². The third-order valence-electron chi connectivity index (χ3n) is 3.34. The predicted octanol–water partition coefficient (Wildman–Crippen LogP) is 2.27. The Kier molecular flexibility index (Phi) is 5.82. The Morgan fingerprint density at radius 1 is 1.33 bits per heavy atom. The standard InChI is InChI=1S/C14H28N4/c1-11(2)14(15)6-7-17(5)9-13-8-16-18(10-13)12(3)4/h8,10-12,14H,6-7,9,15H2,1-5H3. The molecule has 0 aromatic carbocycles. The number of hydrogen-bond acceptors (Lipinski definition) is 3. The van der Waals surface area contributed by atoms with Crippen molar-refractivity contribution < 1.29 is 0 Å². The molecule has 1 aromatic rings. The van der Waals surface area contributed by atoms with E-state index in [1.165, 1.54) is 5.56 Å². The summed E-state index contributed by atoms with van der Waals surface area (Å²) in [5, 5.41) is 4.36. The van der Waals surface area contributed by atoms with Crippen LogP contribution in [-0.4, -0.2) is 34.3 Å². The summed E-state index contributed by atoms with van der Waals surface area (Å²) in [5.74, 6) is 0.557. The van der Waals surface area contributed by atoms with Crippen molar-refractivity contribution in [3.8, 4) is 0 Å². The lowest BCUT2D eigenvalue weighted by molar-refractivity contribution is 0.296. The predicted molar refractivity (Wildman–Crippen MR) is 76.4 cm³/mol. The van der Waals surface area contributed by atoms with Crippen LogP contribution in [0.15, 0.2) is 12.4 Å². The fourth-order valence-corrected chi connectivity index (χ4v) is 1.83. The fourth-order valence-electron chi connectivity index (χ4n) is 1.83. The first-order valence-corrected chi connectivity index (χ1v) is 6.87. The highest BCUT2D eigenvalue weighted by molar-refractivity contribution is 5.03. The Balaban J connectivity index is 2.37. The molecule has 0 saturated carbocycles. The van der Waals surface area contributed by atoms with E-state index in [0.717, 1.165) is 19.5 Å². The topological polar surface area (TPSA) is 47.1 Å². The second kappa shape index (κ2) is 6.90. The zero-order chi connectivity index (χ0) is 13.7. The summed E-state index contributed by atoms with van der Waals surface area (Å²) in [6.45, 7) is 10.6. The maximum Gasteiger partial charge on any atom is 0.0534 e. The van der Waals surface area contributed by atoms with Crippen molar-refractivity contribution in [1.29, 1.82) is 0 Å². The molecule has 0 spiro atoms. The largest absolute Gasteiger partial charge is 0.327 e. The fraction of sp³-hybridized carbons (Fsp3) is 0.786. The molecule has 0 aliphatic rings. The van der Waals surface area contributed by atoms with Crippen LogP contribution in [0, 0.1) is 5.92 Å². The van der Waals surface area contributed by atoms with Gasteiger partial charge in [0.25, 0.3) is 0 Å². The van der Waals surface area contributed by atoms with Crippen LogP contribution in [0.1, 0.15) is 45.7 Å². The zero-order valence-corrected chi connectivity index (χ0v) is 12.4. The molecule has 4 heteroatoms. The van der Waals surface area contributed by atoms with Gasteiger partial charge in [0.2, 0.25) is 0 Å². The van der Waals surface area contributed by atoms with Gasteiger partial charge in [-0.3, -0.25) is 4.68 Å². The lowest BCUT2D eigenvalue weighted by Gasteiger charge is -2.20. The van der Waals surface area contributed by atoms with Crippen molar-refractivity contribution in [2.45, 2.75) is 52.7 Å². The third kappa shape index (κ3) is 4.78. The van der Waals surface area contributed by atoms with Gasteiger partial charge in [-0.1, -0.05) is 13.8 Å². The highest BCUT2D eigenvalue weighted by atomic mass is 15.3. The Hall–Kier alpha value is -0.870. The number of aromatic nitrogens is 2. The van der Waals surface area contributed by atoms with Crippen LogP contribution in [0.3, 0.4) is 0 Å². The second-order valence-electron chi connectivity index (χ2n) is 5.86. The second-order valence-corrected chi connectivity index (χ2v) is 5.86. The van der Waals surface area contributed by atoms with E-state index in [1.54, 1.807) is 0 Å². The first-order valence-electron chi connectivity index (χ1n) is 6.87. The van der Waals surface area contributed by atoms with Gasteiger partial charge in [-0.05, 0) is 39.8 Å². The molecule has 0 bridgehead atoms. The van der Waals surface area contributed by atoms with Gasteiger partial charge in [-0.25, -0.2) is 0 Å². The molecule has 1 unspecified atom stereocenters. The van der Waals surface area contributed by atoms with Crippen molar-refractivity contribution in [2.75, 3.05) is 13.6 Å². The molecular formula is C14H28N4. The summed E-state index contributed by atoms with van der Waals surface area (Å²) in [4.78, 5) is 2.31. The van der Waals surface area contributed by atoms with E-state index in [-0.39, 0.29) is 0 Å². The highest BCUT2D eigenvalue weighted by Gasteiger charge is 2.10. The van der Waals surface area contributed by atoms with Gasteiger partial charge in [-0.15, -0.1) is 0 Å². The Bertz CT molecular complexity index is 343. The van der Waals surface area contributed by atoms with E-state index in [4.69, 9.17) is 5.73 Å². The van der Waals surface area contributed by atoms with Gasteiger partial charge >= 0.3 is 0 Å². The minimum atomic E-state index is 0.297. The molecule has 0 fully saturated rings. The average molecular weight is 252 g/mol. The Labute approximate surface area is 111 Å². The molecule has 0 radical (unpaired) electrons. The molecule has 1 aromatic heterocycles. The van der Waals surface area contributed by atoms with E-state index in [1.807, 2.05) is 10.9 Å². The van der Waals surface area contributed by atoms with E-state index in [2.05, 4.69) is 50.9 Å². The molecule has 1 rings (SSSR count). The number of nitrogens with zero attached hydrogens (tertiary/aromatic N) is 3. The number of nitrogens with two attached hydrogens (primary N) is 1. The van der Waals surface area contributed by atoms with Gasteiger partial charge in [0.05, 0.1) is 6.20 Å². The van der Waals surface area contributed by atoms with Gasteiger partial charge < -0.3 is 10.6 Å². The first-order chi connectivity index (χ1) is 8.40. The van der Waals surface area contributed by atoms with Crippen molar-refractivity contribution in [1.82, 2.24) is 14.7 Å². The van der Waals surface area contributed by atoms with Crippen LogP contribution in [-0.2, 0) is 6.54 Å². The molecule has 0 saturated heterocycles. The van der Waals surface area contributed by atoms with Crippen LogP contribution in [0.2, 0.25) is 0 Å². The van der Waals surface area contributed by atoms with Gasteiger partial charge in [0, 0.05) is 30.4 Å². The van der Waals surface area contributed by atoms with Crippen LogP contribution >= 0.6 is 0 Å². The van der Waals surface area contributed by atoms with Gasteiger partial charge in [0.1, 0.15) is 0 Å². The lowest BCUT2D eigenvalue weighted by Crippen LogP contribution is -2.31. The van der Waals surface area contributed by atoms with Crippen molar-refractivity contribution in [3.05, 3.63) is 18.0 Å². The van der Waals surface area contributed by atoms with E-state index in [9.17, 15) is 0 Å². The molecule has 0 aliphatic carbocycles. The SMILES string of the molecule is CC(C)C(N)CCN(C)Cc1cnn(C(C)C)c1. The van der Waals surface area contributed by atoms with Crippen molar-refractivity contribution >= 4 is 0 Å². The van der Waals surface area contributed by atoms with Crippen LogP contribution < -0.4 is 5.73 Å². The lowest BCUT2D eigenvalue weighted by atomic mass is 10.0. The Morgan fingerprint density at radius 3 is 2.50 bits per heavy atom. The minimum absolute atomic E-state index is 0.297. The van der Waals surface area contributed by atoms with Gasteiger partial charge in [-0.2, -0.15) is 5.10 Å². The highest BCUT2D eigenvalue weighted by Crippen LogP contribution is 2.09. The molecule has 4 nitrogen and oxygen atoms in total. The molecule has 0 aliphatic heterocycles. The smallest absolute Gasteiger partial charge is 0.0534 e. The summed E-state index contributed by atoms with van der Waals surface area (Å²) in [6.07, 6.45) is 5.13. The maximum atomic E-state index is 6.06. The monoisotopic (exact) mass is 252 g/mol. The Morgan fingerprint density at radius 2 is 2.00 bits per heavy atom. The molecule has 0 amide bonds. The first kappa shape index (κ1) is 15.2. The molecular weight excluding hydrogens is 224 g/mol. The summed E-state index contributed by atoms with van der Waals surface area (Å²) >= 11 is 0. The van der Waals surface area contributed by atoms with Crippen LogP contribution in [0.25, 0.3) is 0 Å². The third-order valence-corrected chi connectivity index (χ3v) is 3.34. The van der Waals surface area contributed by atoms with E-state index < -0.39 is 0 Å². The quantitative estimate of drug-likeness (QED) is 0.810.